The van der Waals surface area contributed by atoms with Crippen LogP contribution in [0.3, 0.4) is 0 Å². The lowest BCUT2D eigenvalue weighted by atomic mass is 10.2. The molecule has 1 aromatic carbocycles. The number of benzene rings is 1. The molecule has 4 heteroatoms. The van der Waals surface area contributed by atoms with Crippen LogP contribution in [-0.2, 0) is 9.84 Å². The Hall–Kier alpha value is -0.350. The van der Waals surface area contributed by atoms with E-state index in [2.05, 4.69) is 15.9 Å². The Labute approximate surface area is 87.0 Å². The molecule has 0 aromatic heterocycles. The molecule has 72 valence electrons. The lowest BCUT2D eigenvalue weighted by Crippen LogP contribution is -2.07. The monoisotopic (exact) mass is 262 g/mol. The normalized spacial score (nSPS) is 14.1. The van der Waals surface area contributed by atoms with Crippen LogP contribution in [0.15, 0.2) is 28.7 Å². The van der Waals surface area contributed by atoms with Gasteiger partial charge in [0, 0.05) is 10.7 Å². The van der Waals surface area contributed by atoms with Crippen LogP contribution in [0.2, 0.25) is 0 Å². The maximum absolute atomic E-state index is 11.2. The molecule has 0 saturated heterocycles. The SMILES string of the molecule is C[C@H](c1ccc(Br)cc1)S(C)(=O)=O. The zero-order chi connectivity index (χ0) is 10.1. The summed E-state index contributed by atoms with van der Waals surface area (Å²) in [7, 11) is -2.98. The molecule has 0 amide bonds. The maximum atomic E-state index is 11.2. The number of sulfone groups is 1. The van der Waals surface area contributed by atoms with Crippen molar-refractivity contribution < 1.29 is 8.42 Å². The minimum atomic E-state index is -2.98. The third-order valence-electron chi connectivity index (χ3n) is 1.98. The van der Waals surface area contributed by atoms with Crippen molar-refractivity contribution in [2.24, 2.45) is 0 Å². The largest absolute Gasteiger partial charge is 0.229 e. The van der Waals surface area contributed by atoms with Gasteiger partial charge in [0.2, 0.25) is 0 Å². The molecule has 1 rings (SSSR count). The van der Waals surface area contributed by atoms with Gasteiger partial charge in [-0.1, -0.05) is 28.1 Å². The predicted molar refractivity (Wildman–Crippen MR) is 57.4 cm³/mol. The molecular weight excluding hydrogens is 252 g/mol. The van der Waals surface area contributed by atoms with Gasteiger partial charge in [0.15, 0.2) is 9.84 Å². The molecule has 0 spiro atoms. The fraction of sp³-hybridized carbons (Fsp3) is 0.333. The van der Waals surface area contributed by atoms with Crippen molar-refractivity contribution >= 4 is 25.8 Å². The summed E-state index contributed by atoms with van der Waals surface area (Å²) in [5, 5.41) is -0.430. The van der Waals surface area contributed by atoms with Crippen molar-refractivity contribution in [3.05, 3.63) is 34.3 Å². The van der Waals surface area contributed by atoms with E-state index in [-0.39, 0.29) is 0 Å². The Balaban J connectivity index is 3.04. The molecular formula is C9H11BrO2S. The molecule has 0 radical (unpaired) electrons. The van der Waals surface area contributed by atoms with Gasteiger partial charge in [0.1, 0.15) is 0 Å². The first kappa shape index (κ1) is 10.7. The minimum absolute atomic E-state index is 0.430. The molecule has 0 bridgehead atoms. The summed E-state index contributed by atoms with van der Waals surface area (Å²) >= 11 is 3.30. The summed E-state index contributed by atoms with van der Waals surface area (Å²) in [6.07, 6.45) is 1.25. The minimum Gasteiger partial charge on any atom is -0.229 e. The van der Waals surface area contributed by atoms with Crippen LogP contribution in [0.5, 0.6) is 0 Å². The molecule has 0 aliphatic rings. The van der Waals surface area contributed by atoms with Crippen LogP contribution >= 0.6 is 15.9 Å². The molecule has 1 aromatic rings. The van der Waals surface area contributed by atoms with Crippen LogP contribution in [0.25, 0.3) is 0 Å². The molecule has 0 heterocycles. The highest BCUT2D eigenvalue weighted by Gasteiger charge is 2.16. The van der Waals surface area contributed by atoms with Gasteiger partial charge < -0.3 is 0 Å². The standard InChI is InChI=1S/C9H11BrO2S/c1-7(13(2,11)12)8-3-5-9(10)6-4-8/h3-7H,1-2H3/t7-/m1/s1. The first-order chi connectivity index (χ1) is 5.91. The van der Waals surface area contributed by atoms with Crippen molar-refractivity contribution in [2.75, 3.05) is 6.26 Å². The third-order valence-corrected chi connectivity index (χ3v) is 4.07. The third kappa shape index (κ3) is 2.81. The van der Waals surface area contributed by atoms with Crippen LogP contribution in [0.1, 0.15) is 17.7 Å². The van der Waals surface area contributed by atoms with E-state index in [1.165, 1.54) is 6.26 Å². The summed E-state index contributed by atoms with van der Waals surface area (Å²) < 4.78 is 23.4. The topological polar surface area (TPSA) is 34.1 Å². The highest BCUT2D eigenvalue weighted by atomic mass is 79.9. The average Bonchev–Trinajstić information content (AvgIpc) is 2.03. The fourth-order valence-corrected chi connectivity index (χ4v) is 1.90. The summed E-state index contributed by atoms with van der Waals surface area (Å²) in [5.41, 5.74) is 0.825. The van der Waals surface area contributed by atoms with Gasteiger partial charge in [-0.2, -0.15) is 0 Å². The van der Waals surface area contributed by atoms with E-state index < -0.39 is 15.1 Å². The Kier molecular flexibility index (Phi) is 3.14. The molecule has 1 atom stereocenters. The Morgan fingerprint density at radius 3 is 2.08 bits per heavy atom. The first-order valence-electron chi connectivity index (χ1n) is 3.85. The van der Waals surface area contributed by atoms with Crippen LogP contribution < -0.4 is 0 Å². The second kappa shape index (κ2) is 3.80. The van der Waals surface area contributed by atoms with Crippen molar-refractivity contribution in [1.29, 1.82) is 0 Å². The lowest BCUT2D eigenvalue weighted by Gasteiger charge is -2.08. The van der Waals surface area contributed by atoms with Gasteiger partial charge in [-0.15, -0.1) is 0 Å². The molecule has 0 unspecified atom stereocenters. The Morgan fingerprint density at radius 2 is 1.69 bits per heavy atom. The average molecular weight is 263 g/mol. The van der Waals surface area contributed by atoms with E-state index in [1.807, 2.05) is 24.3 Å². The smallest absolute Gasteiger partial charge is 0.154 e. The number of hydrogen-bond donors (Lipinski definition) is 0. The Bertz CT molecular complexity index is 381. The van der Waals surface area contributed by atoms with Gasteiger partial charge in [-0.25, -0.2) is 8.42 Å². The highest BCUT2D eigenvalue weighted by molar-refractivity contribution is 9.10. The summed E-state index contributed by atoms with van der Waals surface area (Å²) in [4.78, 5) is 0. The van der Waals surface area contributed by atoms with Crippen LogP contribution in [0.4, 0.5) is 0 Å². The zero-order valence-corrected chi connectivity index (χ0v) is 9.89. The predicted octanol–water partition coefficient (Wildman–Crippen LogP) is 2.55. The molecule has 2 nitrogen and oxygen atoms in total. The van der Waals surface area contributed by atoms with E-state index in [9.17, 15) is 8.42 Å². The summed E-state index contributed by atoms with van der Waals surface area (Å²) in [6.45, 7) is 1.69. The number of halogens is 1. The summed E-state index contributed by atoms with van der Waals surface area (Å²) in [6, 6.07) is 7.32. The Morgan fingerprint density at radius 1 is 1.23 bits per heavy atom. The van der Waals surface area contributed by atoms with Gasteiger partial charge in [-0.3, -0.25) is 0 Å². The van der Waals surface area contributed by atoms with Crippen molar-refractivity contribution in [3.63, 3.8) is 0 Å². The van der Waals surface area contributed by atoms with Crippen LogP contribution in [0, 0.1) is 0 Å². The maximum Gasteiger partial charge on any atom is 0.154 e. The van der Waals surface area contributed by atoms with Crippen molar-refractivity contribution in [1.82, 2.24) is 0 Å². The van der Waals surface area contributed by atoms with Crippen LogP contribution in [-0.4, -0.2) is 14.7 Å². The lowest BCUT2D eigenvalue weighted by molar-refractivity contribution is 0.592. The van der Waals surface area contributed by atoms with E-state index in [1.54, 1.807) is 6.92 Å². The van der Waals surface area contributed by atoms with Crippen molar-refractivity contribution in [2.45, 2.75) is 12.2 Å². The second-order valence-electron chi connectivity index (χ2n) is 3.02. The number of hydrogen-bond acceptors (Lipinski definition) is 2. The van der Waals surface area contributed by atoms with Gasteiger partial charge in [-0.05, 0) is 24.6 Å². The molecule has 0 N–H and O–H groups in total. The fourth-order valence-electron chi connectivity index (χ4n) is 0.981. The number of rotatable bonds is 2. The zero-order valence-electron chi connectivity index (χ0n) is 7.49. The molecule has 0 aliphatic heterocycles. The molecule has 0 saturated carbocycles. The molecule has 0 aliphatic carbocycles. The second-order valence-corrected chi connectivity index (χ2v) is 6.31. The van der Waals surface area contributed by atoms with E-state index in [0.29, 0.717) is 0 Å². The highest BCUT2D eigenvalue weighted by Crippen LogP contribution is 2.22. The van der Waals surface area contributed by atoms with E-state index in [0.717, 1.165) is 10.0 Å². The molecule has 0 fully saturated rings. The first-order valence-corrected chi connectivity index (χ1v) is 6.60. The molecule has 13 heavy (non-hydrogen) atoms. The van der Waals surface area contributed by atoms with Gasteiger partial charge >= 0.3 is 0 Å². The van der Waals surface area contributed by atoms with Gasteiger partial charge in [0.05, 0.1) is 5.25 Å². The summed E-state index contributed by atoms with van der Waals surface area (Å²) in [5.74, 6) is 0. The van der Waals surface area contributed by atoms with E-state index >= 15 is 0 Å². The quantitative estimate of drug-likeness (QED) is 0.821. The van der Waals surface area contributed by atoms with E-state index in [4.69, 9.17) is 0 Å². The van der Waals surface area contributed by atoms with Gasteiger partial charge in [0.25, 0.3) is 0 Å². The van der Waals surface area contributed by atoms with Crippen molar-refractivity contribution in [3.8, 4) is 0 Å².